The van der Waals surface area contributed by atoms with Crippen LogP contribution in [0.4, 0.5) is 4.39 Å². The average Bonchev–Trinajstić information content (AvgIpc) is 2.88. The second-order valence-corrected chi connectivity index (χ2v) is 10.5. The summed E-state index contributed by atoms with van der Waals surface area (Å²) in [6.07, 6.45) is 0.939. The van der Waals surface area contributed by atoms with Crippen molar-refractivity contribution in [2.45, 2.75) is 59.3 Å². The molecule has 0 spiro atoms. The second-order valence-electron chi connectivity index (χ2n) is 8.38. The molecule has 0 radical (unpaired) electrons. The molecule has 0 atom stereocenters. The maximum Gasteiger partial charge on any atom is 0.240 e. The number of hydrogen-bond donors (Lipinski definition) is 0. The van der Waals surface area contributed by atoms with Gasteiger partial charge >= 0.3 is 0 Å². The Morgan fingerprint density at radius 3 is 1.88 bits per heavy atom. The Labute approximate surface area is 150 Å². The minimum absolute atomic E-state index is 0.121. The zero-order valence-electron chi connectivity index (χ0n) is 16.0. The number of halogens is 1. The van der Waals surface area contributed by atoms with Gasteiger partial charge in [-0.1, -0.05) is 47.6 Å². The minimum Gasteiger partial charge on any atom is -0.223 e. The molecule has 0 aliphatic carbocycles. The lowest BCUT2D eigenvalue weighted by Gasteiger charge is -2.26. The summed E-state index contributed by atoms with van der Waals surface area (Å²) in [5.74, 6) is -0.803. The first kappa shape index (κ1) is 19.6. The highest BCUT2D eigenvalue weighted by atomic mass is 32.2. The topological polar surface area (TPSA) is 52.0 Å². The molecule has 25 heavy (non-hydrogen) atoms. The number of imidazole rings is 1. The normalized spacial score (nSPS) is 13.3. The highest BCUT2D eigenvalue weighted by Crippen LogP contribution is 2.34. The molecule has 0 saturated heterocycles. The molecule has 0 N–H and O–H groups in total. The van der Waals surface area contributed by atoms with Gasteiger partial charge in [-0.2, -0.15) is 9.37 Å². The molecule has 0 fully saturated rings. The molecular formula is C19H27FN2O2S. The zero-order chi connectivity index (χ0) is 19.2. The van der Waals surface area contributed by atoms with Crippen LogP contribution in [0, 0.1) is 5.95 Å². The van der Waals surface area contributed by atoms with E-state index in [4.69, 9.17) is 0 Å². The smallest absolute Gasteiger partial charge is 0.223 e. The maximum absolute atomic E-state index is 13.8. The first-order valence-corrected chi connectivity index (χ1v) is 10.0. The van der Waals surface area contributed by atoms with Gasteiger partial charge in [-0.15, -0.1) is 0 Å². The monoisotopic (exact) mass is 366 g/mol. The molecule has 6 heteroatoms. The Balaban J connectivity index is 2.81. The molecule has 2 aromatic rings. The van der Waals surface area contributed by atoms with Crippen molar-refractivity contribution < 1.29 is 12.8 Å². The largest absolute Gasteiger partial charge is 0.240 e. The molecule has 0 amide bonds. The van der Waals surface area contributed by atoms with Gasteiger partial charge in [0.05, 0.1) is 11.9 Å². The van der Waals surface area contributed by atoms with Crippen LogP contribution in [0.15, 0.2) is 24.4 Å². The van der Waals surface area contributed by atoms with Gasteiger partial charge in [-0.05, 0) is 41.0 Å². The van der Waals surface area contributed by atoms with Crippen molar-refractivity contribution in [2.75, 3.05) is 5.75 Å². The molecule has 1 aromatic carbocycles. The molecule has 0 bridgehead atoms. The van der Waals surface area contributed by atoms with E-state index >= 15 is 0 Å². The molecule has 0 aliphatic rings. The Bertz CT molecular complexity index is 853. The lowest BCUT2D eigenvalue weighted by Crippen LogP contribution is -2.18. The third-order valence-electron chi connectivity index (χ3n) is 4.23. The van der Waals surface area contributed by atoms with Crippen molar-refractivity contribution in [1.29, 1.82) is 0 Å². The third kappa shape index (κ3) is 4.11. The minimum atomic E-state index is -3.64. The van der Waals surface area contributed by atoms with E-state index < -0.39 is 16.0 Å². The van der Waals surface area contributed by atoms with Crippen LogP contribution in [0.5, 0.6) is 0 Å². The lowest BCUT2D eigenvalue weighted by molar-refractivity contribution is 0.569. The number of nitrogens with zero attached hydrogens (tertiary/aromatic N) is 2. The summed E-state index contributed by atoms with van der Waals surface area (Å²) in [5.41, 5.74) is 2.46. The van der Waals surface area contributed by atoms with Crippen molar-refractivity contribution >= 4 is 10.0 Å². The van der Waals surface area contributed by atoms with Gasteiger partial charge in [0.1, 0.15) is 0 Å². The van der Waals surface area contributed by atoms with Crippen LogP contribution in [0.2, 0.25) is 0 Å². The van der Waals surface area contributed by atoms with Crippen LogP contribution in [0.3, 0.4) is 0 Å². The van der Waals surface area contributed by atoms with Crippen molar-refractivity contribution in [3.8, 4) is 11.4 Å². The van der Waals surface area contributed by atoms with Gasteiger partial charge in [-0.25, -0.2) is 12.4 Å². The van der Waals surface area contributed by atoms with Crippen LogP contribution in [-0.2, 0) is 20.9 Å². The second kappa shape index (κ2) is 6.24. The van der Waals surface area contributed by atoms with Gasteiger partial charge in [-0.3, -0.25) is 0 Å². The average molecular weight is 367 g/mol. The SMILES string of the molecule is CCS(=O)(=O)n1cc(F)nc1-c1cc(C(C)(C)C)cc(C(C)(C)C)c1. The molecular weight excluding hydrogens is 339 g/mol. The van der Waals surface area contributed by atoms with Crippen LogP contribution in [0.25, 0.3) is 11.4 Å². The van der Waals surface area contributed by atoms with Gasteiger partial charge in [0.2, 0.25) is 16.0 Å². The highest BCUT2D eigenvalue weighted by Gasteiger charge is 2.24. The molecule has 138 valence electrons. The summed E-state index contributed by atoms with van der Waals surface area (Å²) >= 11 is 0. The predicted octanol–water partition coefficient (Wildman–Crippen LogP) is 4.48. The summed E-state index contributed by atoms with van der Waals surface area (Å²) in [6, 6.07) is 5.93. The molecule has 1 heterocycles. The lowest BCUT2D eigenvalue weighted by atomic mass is 9.79. The van der Waals surface area contributed by atoms with Crippen LogP contribution >= 0.6 is 0 Å². The fourth-order valence-corrected chi connectivity index (χ4v) is 3.44. The standard InChI is InChI=1S/C19H27FN2O2S/c1-8-25(23,24)22-12-16(20)21-17(22)13-9-14(18(2,3)4)11-15(10-13)19(5,6)7/h9-12H,8H2,1-7H3. The van der Waals surface area contributed by atoms with E-state index in [9.17, 15) is 12.8 Å². The van der Waals surface area contributed by atoms with E-state index in [1.807, 2.05) is 12.1 Å². The van der Waals surface area contributed by atoms with Crippen LogP contribution in [-0.4, -0.2) is 23.1 Å². The van der Waals surface area contributed by atoms with E-state index in [2.05, 4.69) is 52.6 Å². The summed E-state index contributed by atoms with van der Waals surface area (Å²) in [7, 11) is -3.64. The Kier molecular flexibility index (Phi) is 4.90. The molecule has 2 rings (SSSR count). The summed E-state index contributed by atoms with van der Waals surface area (Å²) in [5, 5.41) is 0. The van der Waals surface area contributed by atoms with Gasteiger partial charge in [0, 0.05) is 5.56 Å². The zero-order valence-corrected chi connectivity index (χ0v) is 16.8. The number of benzene rings is 1. The Morgan fingerprint density at radius 1 is 1.00 bits per heavy atom. The fourth-order valence-electron chi connectivity index (χ4n) is 2.50. The molecule has 0 saturated carbocycles. The Hall–Kier alpha value is -1.69. The third-order valence-corrected chi connectivity index (χ3v) is 5.84. The van der Waals surface area contributed by atoms with E-state index in [-0.39, 0.29) is 22.4 Å². The van der Waals surface area contributed by atoms with Crippen LogP contribution < -0.4 is 0 Å². The van der Waals surface area contributed by atoms with Crippen molar-refractivity contribution in [3.63, 3.8) is 0 Å². The van der Waals surface area contributed by atoms with Crippen molar-refractivity contribution in [3.05, 3.63) is 41.5 Å². The van der Waals surface area contributed by atoms with E-state index in [0.717, 1.165) is 21.3 Å². The molecule has 4 nitrogen and oxygen atoms in total. The van der Waals surface area contributed by atoms with Crippen molar-refractivity contribution in [2.24, 2.45) is 0 Å². The first-order chi connectivity index (χ1) is 11.3. The predicted molar refractivity (Wildman–Crippen MR) is 99.9 cm³/mol. The van der Waals surface area contributed by atoms with Gasteiger partial charge in [0.25, 0.3) is 0 Å². The number of hydrogen-bond acceptors (Lipinski definition) is 3. The molecule has 1 aromatic heterocycles. The first-order valence-electron chi connectivity index (χ1n) is 8.40. The molecule has 0 aliphatic heterocycles. The Morgan fingerprint density at radius 2 is 1.48 bits per heavy atom. The van der Waals surface area contributed by atoms with E-state index in [1.54, 1.807) is 0 Å². The molecule has 0 unspecified atom stereocenters. The van der Waals surface area contributed by atoms with Crippen molar-refractivity contribution in [1.82, 2.24) is 8.96 Å². The van der Waals surface area contributed by atoms with Gasteiger partial charge in [0.15, 0.2) is 5.82 Å². The van der Waals surface area contributed by atoms with Crippen LogP contribution in [0.1, 0.15) is 59.6 Å². The number of rotatable bonds is 3. The summed E-state index contributed by atoms with van der Waals surface area (Å²) in [6.45, 7) is 14.1. The maximum atomic E-state index is 13.8. The summed E-state index contributed by atoms with van der Waals surface area (Å²) in [4.78, 5) is 3.86. The van der Waals surface area contributed by atoms with E-state index in [1.165, 1.54) is 6.92 Å². The van der Waals surface area contributed by atoms with Gasteiger partial charge < -0.3 is 0 Å². The fraction of sp³-hybridized carbons (Fsp3) is 0.526. The highest BCUT2D eigenvalue weighted by molar-refractivity contribution is 7.89. The quantitative estimate of drug-likeness (QED) is 0.805. The number of aromatic nitrogens is 2. The summed E-state index contributed by atoms with van der Waals surface area (Å²) < 4.78 is 39.4. The van der Waals surface area contributed by atoms with E-state index in [0.29, 0.717) is 5.56 Å².